The monoisotopic (exact) mass is 443 g/mol. The van der Waals surface area contributed by atoms with E-state index in [1.54, 1.807) is 0 Å². The molecule has 4 nitrogen and oxygen atoms in total. The van der Waals surface area contributed by atoms with Crippen molar-refractivity contribution < 1.29 is 37.7 Å². The van der Waals surface area contributed by atoms with Crippen LogP contribution >= 0.6 is 0 Å². The smallest absolute Gasteiger partial charge is 0.357 e. The Hall–Kier alpha value is -2.38. The molecule has 2 rings (SSSR count). The van der Waals surface area contributed by atoms with E-state index >= 15 is 0 Å². The summed E-state index contributed by atoms with van der Waals surface area (Å²) in [6.07, 6.45) is 0. The van der Waals surface area contributed by atoms with Gasteiger partial charge in [0.15, 0.2) is 7.14 Å². The second-order valence-electron chi connectivity index (χ2n) is 2.69. The summed E-state index contributed by atoms with van der Waals surface area (Å²) >= 11 is 0.0287. The molecular formula is C16H10IN4Ni-3. The quantitative estimate of drug-likeness (QED) is 0.376. The van der Waals surface area contributed by atoms with Crippen molar-refractivity contribution in [1.29, 1.82) is 21.0 Å². The van der Waals surface area contributed by atoms with Gasteiger partial charge in [0.2, 0.25) is 0 Å². The number of rotatable bonds is 2. The molecule has 2 aromatic carbocycles. The van der Waals surface area contributed by atoms with Crippen LogP contribution in [0.3, 0.4) is 0 Å². The molecule has 0 aromatic heterocycles. The molecular weight excluding hydrogens is 434 g/mol. The van der Waals surface area contributed by atoms with Gasteiger partial charge in [-0.1, -0.05) is 36.4 Å². The number of benzene rings is 2. The molecule has 2 aromatic rings. The van der Waals surface area contributed by atoms with E-state index in [0.29, 0.717) is 0 Å². The zero-order valence-electron chi connectivity index (χ0n) is 11.3. The van der Waals surface area contributed by atoms with Crippen LogP contribution in [-0.2, 0) is 16.5 Å². The maximum absolute atomic E-state index is 6.25. The van der Waals surface area contributed by atoms with Crippen molar-refractivity contribution in [3.63, 3.8) is 0 Å². The van der Waals surface area contributed by atoms with Crippen LogP contribution in [0.5, 0.6) is 0 Å². The van der Waals surface area contributed by atoms with Gasteiger partial charge in [0.05, 0.1) is 0 Å². The van der Waals surface area contributed by atoms with E-state index in [1.807, 2.05) is 0 Å². The van der Waals surface area contributed by atoms with E-state index in [1.165, 1.54) is 7.14 Å². The van der Waals surface area contributed by atoms with Gasteiger partial charge >= 0.3 is 21.2 Å². The minimum atomic E-state index is 0. The Labute approximate surface area is 152 Å². The minimum Gasteiger partial charge on any atom is -0.512 e. The normalized spacial score (nSPS) is 6.18. The first kappa shape index (κ1) is 27.9. The van der Waals surface area contributed by atoms with E-state index in [4.69, 9.17) is 47.3 Å². The Morgan fingerprint density at radius 1 is 0.500 bits per heavy atom. The molecule has 114 valence electrons. The number of hydrogen-bond acceptors (Lipinski definition) is 4. The van der Waals surface area contributed by atoms with Crippen LogP contribution in [0.4, 0.5) is 0 Å². The van der Waals surface area contributed by atoms with Crippen molar-refractivity contribution >= 4 is 0 Å². The molecule has 0 N–H and O–H groups in total. The number of nitrogens with zero attached hydrogens (tertiary/aromatic N) is 4. The summed E-state index contributed by atoms with van der Waals surface area (Å²) < 4.78 is 2.96. The molecule has 0 spiro atoms. The van der Waals surface area contributed by atoms with Gasteiger partial charge in [0.25, 0.3) is 0 Å². The van der Waals surface area contributed by atoms with Gasteiger partial charge in [-0.15, -0.1) is 0 Å². The van der Waals surface area contributed by atoms with E-state index in [2.05, 4.69) is 60.7 Å². The summed E-state index contributed by atoms with van der Waals surface area (Å²) in [6, 6.07) is 21.4. The van der Waals surface area contributed by atoms with Gasteiger partial charge in [-0.3, -0.25) is 0 Å². The van der Waals surface area contributed by atoms with E-state index < -0.39 is 0 Å². The molecule has 0 saturated carbocycles. The standard InChI is InChI=1S/C12H10I.4CN.Ni/c1-3-7-11(8-4-1)13-12-9-5-2-6-10-12;4*1-2;/h1-10H;;;;;/q+1;4*-1;. The molecule has 22 heavy (non-hydrogen) atoms. The van der Waals surface area contributed by atoms with Crippen LogP contribution in [0.15, 0.2) is 60.7 Å². The van der Waals surface area contributed by atoms with Crippen LogP contribution in [0.25, 0.3) is 0 Å². The Morgan fingerprint density at radius 2 is 0.727 bits per heavy atom. The minimum absolute atomic E-state index is 0. The van der Waals surface area contributed by atoms with Crippen LogP contribution in [0, 0.1) is 54.5 Å². The summed E-state index contributed by atoms with van der Waals surface area (Å²) in [7, 11) is 0. The SMILES string of the molecule is [C-]#N.[C-]#N.[C-]#N.[C-]#N.[Ni].c1ccc([I+]c2ccccc2)cc1. The van der Waals surface area contributed by atoms with Crippen molar-refractivity contribution in [2.24, 2.45) is 0 Å². The molecule has 0 aliphatic rings. The molecule has 0 bridgehead atoms. The Bertz CT molecular complexity index is 460. The number of hydrogen-bond donors (Lipinski definition) is 0. The second-order valence-corrected chi connectivity index (χ2v) is 5.72. The van der Waals surface area contributed by atoms with E-state index in [0.717, 1.165) is 0 Å². The van der Waals surface area contributed by atoms with Crippen molar-refractivity contribution in [3.8, 4) is 0 Å². The summed E-state index contributed by atoms with van der Waals surface area (Å²) in [5, 5.41) is 25.0. The van der Waals surface area contributed by atoms with Crippen molar-refractivity contribution in [1.82, 2.24) is 0 Å². The first-order valence-corrected chi connectivity index (χ1v) is 7.25. The number of halogens is 1. The molecule has 0 radical (unpaired) electrons. The largest absolute Gasteiger partial charge is 0.512 e. The maximum Gasteiger partial charge on any atom is 0.357 e. The topological polar surface area (TPSA) is 95.2 Å². The third kappa shape index (κ3) is 15.7. The van der Waals surface area contributed by atoms with Crippen LogP contribution in [0.1, 0.15) is 0 Å². The van der Waals surface area contributed by atoms with Crippen LogP contribution in [-0.4, -0.2) is 0 Å². The van der Waals surface area contributed by atoms with Gasteiger partial charge in [-0.2, -0.15) is 0 Å². The molecule has 0 aliphatic heterocycles. The van der Waals surface area contributed by atoms with E-state index in [-0.39, 0.29) is 37.7 Å². The average molecular weight is 444 g/mol. The fourth-order valence-corrected chi connectivity index (χ4v) is 3.35. The van der Waals surface area contributed by atoms with E-state index in [9.17, 15) is 0 Å². The Morgan fingerprint density at radius 3 is 0.955 bits per heavy atom. The molecule has 0 fully saturated rings. The third-order valence-electron chi connectivity index (χ3n) is 1.68. The summed E-state index contributed by atoms with van der Waals surface area (Å²) in [4.78, 5) is 0. The predicted octanol–water partition coefficient (Wildman–Crippen LogP) is 0.198. The molecule has 6 heteroatoms. The fourth-order valence-electron chi connectivity index (χ4n) is 1.08. The van der Waals surface area contributed by atoms with Gasteiger partial charge in [-0.25, -0.2) is 0 Å². The fraction of sp³-hybridized carbons (Fsp3) is 0. The summed E-state index contributed by atoms with van der Waals surface area (Å²) in [6.45, 7) is 19.0. The van der Waals surface area contributed by atoms with Crippen LogP contribution in [0.2, 0.25) is 0 Å². The zero-order valence-corrected chi connectivity index (χ0v) is 14.4. The van der Waals surface area contributed by atoms with Crippen molar-refractivity contribution in [2.75, 3.05) is 0 Å². The second kappa shape index (κ2) is 27.0. The molecule has 0 aliphatic carbocycles. The van der Waals surface area contributed by atoms with Gasteiger partial charge in [-0.05, 0) is 24.3 Å². The molecule has 0 amide bonds. The Kier molecular flexibility index (Phi) is 34.3. The van der Waals surface area contributed by atoms with Crippen molar-refractivity contribution in [3.05, 3.63) is 94.1 Å². The molecule has 0 heterocycles. The van der Waals surface area contributed by atoms with Crippen LogP contribution < -0.4 is 21.2 Å². The first-order valence-electron chi connectivity index (χ1n) is 5.09. The Balaban J connectivity index is -0.000000158. The van der Waals surface area contributed by atoms with Gasteiger partial charge < -0.3 is 47.3 Å². The third-order valence-corrected chi connectivity index (χ3v) is 4.37. The molecule has 0 saturated heterocycles. The molecule has 0 unspecified atom stereocenters. The average Bonchev–Trinajstić information content (AvgIpc) is 2.64. The summed E-state index contributed by atoms with van der Waals surface area (Å²) in [5.41, 5.74) is 0. The molecule has 0 atom stereocenters. The summed E-state index contributed by atoms with van der Waals surface area (Å²) in [5.74, 6) is 0. The van der Waals surface area contributed by atoms with Gasteiger partial charge in [0, 0.05) is 16.5 Å². The van der Waals surface area contributed by atoms with Crippen molar-refractivity contribution in [2.45, 2.75) is 0 Å². The maximum atomic E-state index is 6.25. The first-order chi connectivity index (χ1) is 10.4. The zero-order chi connectivity index (χ0) is 16.9. The predicted molar refractivity (Wildman–Crippen MR) is 70.2 cm³/mol. The van der Waals surface area contributed by atoms with Gasteiger partial charge in [0.1, 0.15) is 0 Å².